The van der Waals surface area contributed by atoms with Gasteiger partial charge in [0, 0.05) is 6.20 Å². The van der Waals surface area contributed by atoms with Crippen molar-refractivity contribution in [1.82, 2.24) is 5.32 Å². The van der Waals surface area contributed by atoms with Gasteiger partial charge >= 0.3 is 5.97 Å². The standard InChI is InChI=1S/C5H6N2O2/c8-5(9)4-1-6-3-7-2-4/h1,3H,2H2,(H,6,7)(H,8,9). The van der Waals surface area contributed by atoms with Crippen LogP contribution in [-0.4, -0.2) is 24.0 Å². The molecular formula is C5H6N2O2. The quantitative estimate of drug-likeness (QED) is 0.502. The largest absolute Gasteiger partial charge is 0.478 e. The van der Waals surface area contributed by atoms with Crippen LogP contribution in [0.25, 0.3) is 0 Å². The molecule has 1 aliphatic rings. The minimum atomic E-state index is -0.917. The van der Waals surface area contributed by atoms with Crippen LogP contribution in [0.1, 0.15) is 0 Å². The van der Waals surface area contributed by atoms with E-state index in [4.69, 9.17) is 5.11 Å². The van der Waals surface area contributed by atoms with Crippen LogP contribution in [0.3, 0.4) is 0 Å². The first-order chi connectivity index (χ1) is 4.30. The highest BCUT2D eigenvalue weighted by atomic mass is 16.4. The van der Waals surface area contributed by atoms with E-state index < -0.39 is 5.97 Å². The number of nitrogens with zero attached hydrogens (tertiary/aromatic N) is 1. The van der Waals surface area contributed by atoms with Crippen LogP contribution in [0.4, 0.5) is 0 Å². The van der Waals surface area contributed by atoms with Gasteiger partial charge < -0.3 is 10.4 Å². The molecule has 0 bridgehead atoms. The highest BCUT2D eigenvalue weighted by Gasteiger charge is 2.06. The van der Waals surface area contributed by atoms with Crippen LogP contribution in [0, 0.1) is 0 Å². The van der Waals surface area contributed by atoms with E-state index in [1.54, 1.807) is 0 Å². The van der Waals surface area contributed by atoms with E-state index in [0.717, 1.165) is 0 Å². The van der Waals surface area contributed by atoms with Gasteiger partial charge in [-0.25, -0.2) is 4.79 Å². The molecule has 0 fully saturated rings. The van der Waals surface area contributed by atoms with Crippen molar-refractivity contribution in [2.24, 2.45) is 4.99 Å². The Kier molecular flexibility index (Phi) is 1.48. The van der Waals surface area contributed by atoms with Crippen molar-refractivity contribution in [1.29, 1.82) is 0 Å². The zero-order chi connectivity index (χ0) is 6.69. The van der Waals surface area contributed by atoms with Crippen molar-refractivity contribution in [3.05, 3.63) is 11.8 Å². The van der Waals surface area contributed by atoms with Gasteiger partial charge in [0.15, 0.2) is 0 Å². The molecule has 4 heteroatoms. The van der Waals surface area contributed by atoms with Gasteiger partial charge in [0.2, 0.25) is 0 Å². The molecule has 0 aromatic heterocycles. The van der Waals surface area contributed by atoms with E-state index >= 15 is 0 Å². The number of carboxylic acids is 1. The summed E-state index contributed by atoms with van der Waals surface area (Å²) in [7, 11) is 0. The lowest BCUT2D eigenvalue weighted by Gasteiger charge is -2.01. The summed E-state index contributed by atoms with van der Waals surface area (Å²) >= 11 is 0. The summed E-state index contributed by atoms with van der Waals surface area (Å²) in [5.41, 5.74) is 0.289. The number of carbonyl (C=O) groups is 1. The second-order valence-corrected chi connectivity index (χ2v) is 1.61. The smallest absolute Gasteiger partial charge is 0.334 e. The SMILES string of the molecule is O=C(O)C1=CNC=NC1. The number of aliphatic carboxylic acids is 1. The molecule has 0 saturated heterocycles. The molecule has 0 atom stereocenters. The van der Waals surface area contributed by atoms with E-state index in [0.29, 0.717) is 0 Å². The Labute approximate surface area is 51.9 Å². The molecule has 1 rings (SSSR count). The zero-order valence-electron chi connectivity index (χ0n) is 4.66. The maximum atomic E-state index is 10.2. The molecule has 1 heterocycles. The van der Waals surface area contributed by atoms with Crippen molar-refractivity contribution in [3.8, 4) is 0 Å². The van der Waals surface area contributed by atoms with Gasteiger partial charge in [-0.2, -0.15) is 0 Å². The Hall–Kier alpha value is -1.32. The highest BCUT2D eigenvalue weighted by molar-refractivity contribution is 5.88. The van der Waals surface area contributed by atoms with Crippen LogP contribution < -0.4 is 5.32 Å². The van der Waals surface area contributed by atoms with Crippen molar-refractivity contribution in [2.75, 3.05) is 6.54 Å². The number of aliphatic imine (C=N–C) groups is 1. The van der Waals surface area contributed by atoms with Crippen LogP contribution in [-0.2, 0) is 4.79 Å². The van der Waals surface area contributed by atoms with E-state index in [1.807, 2.05) is 0 Å². The van der Waals surface area contributed by atoms with Gasteiger partial charge in [-0.3, -0.25) is 4.99 Å². The third-order valence-corrected chi connectivity index (χ3v) is 0.960. The summed E-state index contributed by atoms with van der Waals surface area (Å²) in [6, 6.07) is 0. The first-order valence-corrected chi connectivity index (χ1v) is 2.47. The highest BCUT2D eigenvalue weighted by Crippen LogP contribution is 1.95. The molecule has 48 valence electrons. The number of hydrogen-bond donors (Lipinski definition) is 2. The monoisotopic (exact) mass is 126 g/mol. The van der Waals surface area contributed by atoms with Crippen LogP contribution in [0.2, 0.25) is 0 Å². The van der Waals surface area contributed by atoms with Crippen molar-refractivity contribution in [3.63, 3.8) is 0 Å². The molecule has 0 aromatic carbocycles. The molecule has 0 amide bonds. The Morgan fingerprint density at radius 3 is 3.00 bits per heavy atom. The molecule has 2 N–H and O–H groups in total. The van der Waals surface area contributed by atoms with Gasteiger partial charge in [0.25, 0.3) is 0 Å². The summed E-state index contributed by atoms with van der Waals surface area (Å²) in [4.78, 5) is 13.9. The van der Waals surface area contributed by atoms with E-state index in [1.165, 1.54) is 12.5 Å². The maximum Gasteiger partial charge on any atom is 0.334 e. The third-order valence-electron chi connectivity index (χ3n) is 0.960. The maximum absolute atomic E-state index is 10.2. The number of carboxylic acid groups (broad SMARTS) is 1. The molecule has 0 unspecified atom stereocenters. The van der Waals surface area contributed by atoms with Crippen molar-refractivity contribution in [2.45, 2.75) is 0 Å². The topological polar surface area (TPSA) is 61.7 Å². The normalized spacial score (nSPS) is 16.2. The van der Waals surface area contributed by atoms with Gasteiger partial charge in [0.1, 0.15) is 0 Å². The number of rotatable bonds is 1. The Morgan fingerprint density at radius 2 is 2.67 bits per heavy atom. The molecule has 0 radical (unpaired) electrons. The van der Waals surface area contributed by atoms with Gasteiger partial charge in [-0.1, -0.05) is 0 Å². The van der Waals surface area contributed by atoms with Crippen LogP contribution in [0.5, 0.6) is 0 Å². The predicted octanol–water partition coefficient (Wildman–Crippen LogP) is -0.414. The van der Waals surface area contributed by atoms with Crippen molar-refractivity contribution < 1.29 is 9.90 Å². The minimum Gasteiger partial charge on any atom is -0.478 e. The molecule has 4 nitrogen and oxygen atoms in total. The van der Waals surface area contributed by atoms with Crippen LogP contribution >= 0.6 is 0 Å². The minimum absolute atomic E-state index is 0.266. The fourth-order valence-corrected chi connectivity index (χ4v) is 0.510. The Bertz CT molecular complexity index is 183. The molecule has 0 aromatic rings. The Balaban J connectivity index is 2.61. The fourth-order valence-electron chi connectivity index (χ4n) is 0.510. The first kappa shape index (κ1) is 5.81. The molecule has 0 spiro atoms. The summed E-state index contributed by atoms with van der Waals surface area (Å²) in [5, 5.41) is 10.9. The summed E-state index contributed by atoms with van der Waals surface area (Å²) < 4.78 is 0. The lowest BCUT2D eigenvalue weighted by molar-refractivity contribution is -0.132. The molecule has 1 aliphatic heterocycles. The lowest BCUT2D eigenvalue weighted by atomic mass is 10.3. The molecule has 9 heavy (non-hydrogen) atoms. The number of hydrogen-bond acceptors (Lipinski definition) is 3. The first-order valence-electron chi connectivity index (χ1n) is 2.47. The zero-order valence-corrected chi connectivity index (χ0v) is 4.66. The Morgan fingerprint density at radius 1 is 1.89 bits per heavy atom. The van der Waals surface area contributed by atoms with Gasteiger partial charge in [-0.15, -0.1) is 0 Å². The molecular weight excluding hydrogens is 120 g/mol. The average Bonchev–Trinajstić information content (AvgIpc) is 1.90. The number of nitrogens with one attached hydrogen (secondary N) is 1. The summed E-state index contributed by atoms with van der Waals surface area (Å²) in [6.45, 7) is 0.266. The molecule has 0 saturated carbocycles. The van der Waals surface area contributed by atoms with Crippen molar-refractivity contribution >= 4 is 12.3 Å². The van der Waals surface area contributed by atoms with E-state index in [9.17, 15) is 4.79 Å². The second kappa shape index (κ2) is 2.30. The third kappa shape index (κ3) is 1.28. The van der Waals surface area contributed by atoms with Crippen LogP contribution in [0.15, 0.2) is 16.8 Å². The summed E-state index contributed by atoms with van der Waals surface area (Å²) in [6.07, 6.45) is 2.89. The second-order valence-electron chi connectivity index (χ2n) is 1.61. The fraction of sp³-hybridized carbons (Fsp3) is 0.200. The summed E-state index contributed by atoms with van der Waals surface area (Å²) in [5.74, 6) is -0.917. The van der Waals surface area contributed by atoms with Gasteiger partial charge in [0.05, 0.1) is 18.5 Å². The molecule has 0 aliphatic carbocycles. The average molecular weight is 126 g/mol. The predicted molar refractivity (Wildman–Crippen MR) is 32.2 cm³/mol. The lowest BCUT2D eigenvalue weighted by Crippen LogP contribution is -2.15. The van der Waals surface area contributed by atoms with Gasteiger partial charge in [-0.05, 0) is 0 Å². The van der Waals surface area contributed by atoms with E-state index in [2.05, 4.69) is 10.3 Å². The van der Waals surface area contributed by atoms with E-state index in [-0.39, 0.29) is 12.1 Å².